The van der Waals surface area contributed by atoms with Gasteiger partial charge in [0.05, 0.1) is 15.7 Å². The summed E-state index contributed by atoms with van der Waals surface area (Å²) >= 11 is 11.5. The van der Waals surface area contributed by atoms with E-state index in [0.717, 1.165) is 16.8 Å². The number of rotatable bonds is 6. The van der Waals surface area contributed by atoms with E-state index >= 15 is 0 Å². The zero-order valence-corrected chi connectivity index (χ0v) is 17.4. The van der Waals surface area contributed by atoms with E-state index < -0.39 is 55.7 Å². The lowest BCUT2D eigenvalue weighted by Crippen LogP contribution is -2.45. The third-order valence-corrected chi connectivity index (χ3v) is 5.45. The van der Waals surface area contributed by atoms with Gasteiger partial charge in [0.2, 0.25) is 0 Å². The molecule has 1 aromatic carbocycles. The number of hydrogen-bond donors (Lipinski definition) is 3. The van der Waals surface area contributed by atoms with E-state index in [2.05, 4.69) is 5.32 Å². The Morgan fingerprint density at radius 2 is 1.80 bits per heavy atom. The highest BCUT2D eigenvalue weighted by molar-refractivity contribution is 7.90. The average molecular weight is 495 g/mol. The van der Waals surface area contributed by atoms with Crippen molar-refractivity contribution in [3.05, 3.63) is 45.7 Å². The van der Waals surface area contributed by atoms with Gasteiger partial charge >= 0.3 is 6.18 Å². The molecule has 3 N–H and O–H groups in total. The van der Waals surface area contributed by atoms with Gasteiger partial charge in [-0.1, -0.05) is 23.2 Å². The van der Waals surface area contributed by atoms with Gasteiger partial charge in [0.15, 0.2) is 11.6 Å². The van der Waals surface area contributed by atoms with Crippen molar-refractivity contribution in [1.82, 2.24) is 9.29 Å². The second kappa shape index (κ2) is 8.57. The number of aromatic nitrogens is 1. The summed E-state index contributed by atoms with van der Waals surface area (Å²) < 4.78 is 92.4. The average Bonchev–Trinajstić information content (AvgIpc) is 2.84. The highest BCUT2D eigenvalue weighted by Crippen LogP contribution is 2.30. The van der Waals surface area contributed by atoms with E-state index in [1.165, 1.54) is 11.8 Å². The highest BCUT2D eigenvalue weighted by Gasteiger charge is 2.38. The minimum atomic E-state index is -4.83. The van der Waals surface area contributed by atoms with E-state index in [1.807, 2.05) is 0 Å². The van der Waals surface area contributed by atoms with Crippen LogP contribution in [-0.2, 0) is 17.3 Å². The van der Waals surface area contributed by atoms with Crippen LogP contribution in [0.25, 0.3) is 0 Å². The monoisotopic (exact) mass is 494 g/mol. The van der Waals surface area contributed by atoms with Crippen molar-refractivity contribution >= 4 is 50.7 Å². The molecule has 15 heteroatoms. The smallest absolute Gasteiger partial charge is 0.343 e. The Morgan fingerprint density at radius 1 is 1.20 bits per heavy atom. The highest BCUT2D eigenvalue weighted by atomic mass is 35.5. The Morgan fingerprint density at radius 3 is 2.33 bits per heavy atom. The molecule has 1 unspecified atom stereocenters. The van der Waals surface area contributed by atoms with Crippen LogP contribution in [0.5, 0.6) is 0 Å². The maximum atomic E-state index is 13.4. The van der Waals surface area contributed by atoms with Gasteiger partial charge in [-0.3, -0.25) is 9.52 Å². The van der Waals surface area contributed by atoms with Gasteiger partial charge in [0, 0.05) is 25.0 Å². The molecule has 0 aliphatic rings. The van der Waals surface area contributed by atoms with Gasteiger partial charge in [-0.05, 0) is 13.0 Å². The number of halogens is 7. The fraction of sp³-hybridized carbons (Fsp3) is 0.267. The maximum absolute atomic E-state index is 13.4. The molecule has 0 fully saturated rings. The number of anilines is 2. The third kappa shape index (κ3) is 5.53. The van der Waals surface area contributed by atoms with Gasteiger partial charge in [-0.25, -0.2) is 8.78 Å². The van der Waals surface area contributed by atoms with Crippen molar-refractivity contribution in [2.24, 2.45) is 7.05 Å². The lowest BCUT2D eigenvalue weighted by Gasteiger charge is -2.17. The van der Waals surface area contributed by atoms with E-state index in [9.17, 15) is 35.2 Å². The predicted octanol–water partition coefficient (Wildman–Crippen LogP) is 4.06. The van der Waals surface area contributed by atoms with E-state index in [0.29, 0.717) is 13.0 Å². The second-order valence-electron chi connectivity index (χ2n) is 6.01. The Labute approximate surface area is 177 Å². The summed E-state index contributed by atoms with van der Waals surface area (Å²) in [7, 11) is -3.41. The molecular weight excluding hydrogens is 482 g/mol. The maximum Gasteiger partial charge on any atom is 0.404 e. The molecule has 0 radical (unpaired) electrons. The molecule has 1 heterocycles. The number of carbonyl (C=O) groups is 1. The molecular formula is C15H13Cl2F5N4O3S. The number of nitrogens with one attached hydrogen (secondary N) is 3. The molecule has 0 saturated carbocycles. The Bertz CT molecular complexity index is 1070. The molecule has 30 heavy (non-hydrogen) atoms. The number of benzene rings is 1. The van der Waals surface area contributed by atoms with Gasteiger partial charge in [0.1, 0.15) is 11.7 Å². The molecule has 2 aromatic rings. The van der Waals surface area contributed by atoms with Crippen LogP contribution in [0.1, 0.15) is 17.4 Å². The Kier molecular flexibility index (Phi) is 6.91. The molecule has 1 aromatic heterocycles. The summed E-state index contributed by atoms with van der Waals surface area (Å²) in [5.74, 6) is -3.59. The molecule has 1 atom stereocenters. The zero-order valence-electron chi connectivity index (χ0n) is 15.0. The Hall–Kier alpha value is -2.09. The van der Waals surface area contributed by atoms with Crippen LogP contribution < -0.4 is 14.8 Å². The van der Waals surface area contributed by atoms with Crippen LogP contribution in [0.2, 0.25) is 10.0 Å². The minimum absolute atomic E-state index is 0.219. The first-order valence-electron chi connectivity index (χ1n) is 7.80. The molecule has 0 aliphatic carbocycles. The second-order valence-corrected chi connectivity index (χ2v) is 8.24. The van der Waals surface area contributed by atoms with E-state index in [4.69, 9.17) is 23.2 Å². The first-order valence-corrected chi connectivity index (χ1v) is 10.0. The summed E-state index contributed by atoms with van der Waals surface area (Å²) in [6.07, 6.45) is -3.79. The van der Waals surface area contributed by atoms with Crippen LogP contribution >= 0.6 is 23.2 Å². The molecule has 0 aliphatic heterocycles. The van der Waals surface area contributed by atoms with Crippen molar-refractivity contribution in [3.63, 3.8) is 0 Å². The summed E-state index contributed by atoms with van der Waals surface area (Å²) in [6.45, 7) is 0.595. The fourth-order valence-corrected chi connectivity index (χ4v) is 3.90. The summed E-state index contributed by atoms with van der Waals surface area (Å²) in [6, 6.07) is -0.804. The minimum Gasteiger partial charge on any atom is -0.343 e. The van der Waals surface area contributed by atoms with Gasteiger partial charge in [-0.2, -0.15) is 26.3 Å². The molecule has 7 nitrogen and oxygen atoms in total. The van der Waals surface area contributed by atoms with Crippen LogP contribution in [0.4, 0.5) is 33.3 Å². The molecule has 0 spiro atoms. The summed E-state index contributed by atoms with van der Waals surface area (Å²) in [4.78, 5) is 12.4. The van der Waals surface area contributed by atoms with Crippen LogP contribution in [0.15, 0.2) is 18.3 Å². The lowest BCUT2D eigenvalue weighted by molar-refractivity contribution is -0.147. The number of aryl methyl sites for hydroxylation is 1. The number of alkyl halides is 3. The van der Waals surface area contributed by atoms with Crippen LogP contribution in [-0.4, -0.2) is 31.1 Å². The quantitative estimate of drug-likeness (QED) is 0.417. The van der Waals surface area contributed by atoms with Crippen molar-refractivity contribution in [1.29, 1.82) is 0 Å². The first kappa shape index (κ1) is 24.2. The number of amides is 1. The first-order chi connectivity index (χ1) is 13.6. The van der Waals surface area contributed by atoms with Gasteiger partial charge in [-0.15, -0.1) is 0 Å². The molecule has 0 bridgehead atoms. The molecule has 166 valence electrons. The number of carbonyl (C=O) groups excluding carboxylic acids is 1. The molecule has 2 rings (SSSR count). The third-order valence-electron chi connectivity index (χ3n) is 3.64. The largest absolute Gasteiger partial charge is 0.404 e. The predicted molar refractivity (Wildman–Crippen MR) is 101 cm³/mol. The number of nitrogens with zero attached hydrogens (tertiary/aromatic N) is 1. The van der Waals surface area contributed by atoms with Crippen molar-refractivity contribution in [2.75, 3.05) is 10.0 Å². The SMILES string of the molecule is CC(NS(=O)(=O)Nc1cn(C)c(C(=O)Nc2cc(F)c(F)c(Cl)c2)c1Cl)C(F)(F)F. The molecule has 0 saturated heterocycles. The van der Waals surface area contributed by atoms with Crippen LogP contribution in [0, 0.1) is 11.6 Å². The van der Waals surface area contributed by atoms with E-state index in [1.54, 1.807) is 4.72 Å². The standard InChI is InChI=1S/C15H13Cl2F5N4O3S/c1-6(15(20,21)22)24-30(28,29)25-10-5-26(2)13(11(10)17)14(27)23-7-3-8(16)12(19)9(18)4-7/h3-6,24-25H,1-2H3,(H,23,27). The summed E-state index contributed by atoms with van der Waals surface area (Å²) in [5, 5.41) is 1.15. The summed E-state index contributed by atoms with van der Waals surface area (Å²) in [5.41, 5.74) is -0.933. The normalized spacial score (nSPS) is 13.2. The fourth-order valence-electron chi connectivity index (χ4n) is 2.22. The van der Waals surface area contributed by atoms with Gasteiger partial charge in [0.25, 0.3) is 16.1 Å². The van der Waals surface area contributed by atoms with Crippen LogP contribution in [0.3, 0.4) is 0 Å². The topological polar surface area (TPSA) is 92.2 Å². The van der Waals surface area contributed by atoms with Crippen molar-refractivity contribution in [3.8, 4) is 0 Å². The molecule has 1 amide bonds. The Balaban J connectivity index is 2.26. The zero-order chi connectivity index (χ0) is 23.0. The van der Waals surface area contributed by atoms with Gasteiger partial charge < -0.3 is 9.88 Å². The van der Waals surface area contributed by atoms with E-state index in [-0.39, 0.29) is 11.4 Å². The lowest BCUT2D eigenvalue weighted by atomic mass is 10.2. The number of hydrogen-bond acceptors (Lipinski definition) is 3. The van der Waals surface area contributed by atoms with Crippen molar-refractivity contribution < 1.29 is 35.2 Å². The van der Waals surface area contributed by atoms with Crippen molar-refractivity contribution in [2.45, 2.75) is 19.1 Å².